The lowest BCUT2D eigenvalue weighted by molar-refractivity contribution is -0.136. The second-order valence-electron chi connectivity index (χ2n) is 7.18. The zero-order valence-electron chi connectivity index (χ0n) is 15.9. The number of carboxylic acids is 1. The van der Waals surface area contributed by atoms with Gasteiger partial charge < -0.3 is 10.2 Å². The lowest BCUT2D eigenvalue weighted by atomic mass is 9.90. The van der Waals surface area contributed by atoms with E-state index in [2.05, 4.69) is 41.3 Å². The number of hydrogen-bond acceptors (Lipinski definition) is 3. The Bertz CT molecular complexity index is 778. The highest BCUT2D eigenvalue weighted by Gasteiger charge is 2.34. The van der Waals surface area contributed by atoms with Crippen molar-refractivity contribution in [3.63, 3.8) is 0 Å². The lowest BCUT2D eigenvalue weighted by Gasteiger charge is -2.28. The molecule has 0 bridgehead atoms. The first kappa shape index (κ1) is 22.2. The summed E-state index contributed by atoms with van der Waals surface area (Å²) < 4.78 is 0. The molecule has 4 nitrogen and oxygen atoms in total. The van der Waals surface area contributed by atoms with Crippen LogP contribution >= 0.6 is 17.0 Å². The number of hydrogen-bond donors (Lipinski definition) is 2. The van der Waals surface area contributed by atoms with Crippen LogP contribution in [-0.4, -0.2) is 27.6 Å². The van der Waals surface area contributed by atoms with Gasteiger partial charge in [-0.25, -0.2) is 0 Å². The highest BCUT2D eigenvalue weighted by molar-refractivity contribution is 8.93. The average molecular weight is 446 g/mol. The molecule has 1 aliphatic rings. The summed E-state index contributed by atoms with van der Waals surface area (Å²) in [5.41, 5.74) is 2.44. The molecule has 1 aliphatic heterocycles. The molecule has 2 aromatic carbocycles. The second-order valence-corrected chi connectivity index (χ2v) is 7.18. The normalized spacial score (nSPS) is 19.6. The summed E-state index contributed by atoms with van der Waals surface area (Å²) in [7, 11) is 0. The summed E-state index contributed by atoms with van der Waals surface area (Å²) in [6.45, 7) is 1.91. The van der Waals surface area contributed by atoms with Crippen molar-refractivity contribution in [3.05, 3.63) is 77.9 Å². The molecule has 0 aliphatic carbocycles. The molecule has 0 aromatic heterocycles. The Morgan fingerprint density at radius 3 is 2.61 bits per heavy atom. The average Bonchev–Trinajstić information content (AvgIpc) is 3.04. The molecule has 2 aromatic rings. The number of phenolic OH excluding ortho intramolecular Hbond substituents is 1. The van der Waals surface area contributed by atoms with Gasteiger partial charge in [-0.15, -0.1) is 17.0 Å². The largest absolute Gasteiger partial charge is 0.508 e. The van der Waals surface area contributed by atoms with Crippen molar-refractivity contribution < 1.29 is 15.0 Å². The third-order valence-electron chi connectivity index (χ3n) is 5.20. The molecular formula is C23H28BrNO3. The third kappa shape index (κ3) is 6.21. The fraction of sp³-hybridized carbons (Fsp3) is 0.348. The van der Waals surface area contributed by atoms with Crippen molar-refractivity contribution in [2.45, 2.75) is 38.3 Å². The number of carboxylic acid groups (broad SMARTS) is 1. The van der Waals surface area contributed by atoms with E-state index in [1.54, 1.807) is 6.07 Å². The van der Waals surface area contributed by atoms with Crippen LogP contribution in [0.4, 0.5) is 0 Å². The Morgan fingerprint density at radius 2 is 1.89 bits per heavy atom. The van der Waals surface area contributed by atoms with Gasteiger partial charge in [0.2, 0.25) is 0 Å². The van der Waals surface area contributed by atoms with E-state index in [9.17, 15) is 9.90 Å². The van der Waals surface area contributed by atoms with Crippen LogP contribution in [0, 0.1) is 5.92 Å². The molecule has 1 heterocycles. The minimum atomic E-state index is -0.757. The van der Waals surface area contributed by atoms with Gasteiger partial charge in [-0.2, -0.15) is 0 Å². The van der Waals surface area contributed by atoms with Gasteiger partial charge in [0.25, 0.3) is 0 Å². The molecule has 28 heavy (non-hydrogen) atoms. The van der Waals surface area contributed by atoms with E-state index in [4.69, 9.17) is 5.11 Å². The van der Waals surface area contributed by atoms with Crippen LogP contribution < -0.4 is 0 Å². The van der Waals surface area contributed by atoms with Gasteiger partial charge in [0, 0.05) is 19.0 Å². The van der Waals surface area contributed by atoms with E-state index >= 15 is 0 Å². The maximum atomic E-state index is 10.6. The van der Waals surface area contributed by atoms with Gasteiger partial charge in [0.05, 0.1) is 0 Å². The highest BCUT2D eigenvalue weighted by Crippen LogP contribution is 2.41. The standard InChI is InChI=1S/C23H27NO3.BrH/c25-21-12-7-11-20(16-21)23-19(10-5-2-6-13-22(26)27)14-15-24(23)17-18-8-3-1-4-9-18;/h1-5,7-9,11-12,16,19,23,25H,6,10,13-15,17H2,(H,26,27);1H/b5-2-;/t19-,23-;/m1./s1. The van der Waals surface area contributed by atoms with E-state index < -0.39 is 5.97 Å². The summed E-state index contributed by atoms with van der Waals surface area (Å²) in [5.74, 6) is -0.00130. The van der Waals surface area contributed by atoms with E-state index in [1.807, 2.05) is 24.3 Å². The number of rotatable bonds is 8. The van der Waals surface area contributed by atoms with E-state index in [0.717, 1.165) is 31.5 Å². The zero-order chi connectivity index (χ0) is 19.1. The fourth-order valence-electron chi connectivity index (χ4n) is 3.96. The van der Waals surface area contributed by atoms with E-state index in [0.29, 0.717) is 18.1 Å². The van der Waals surface area contributed by atoms with Crippen LogP contribution in [0.25, 0.3) is 0 Å². The maximum absolute atomic E-state index is 10.6. The van der Waals surface area contributed by atoms with Gasteiger partial charge in [-0.3, -0.25) is 9.69 Å². The SMILES string of the molecule is Br.O=C(O)CC/C=C\C[C@@H]1CCN(Cc2ccccc2)[C@H]1c1cccc(O)c1. The molecule has 1 fully saturated rings. The highest BCUT2D eigenvalue weighted by atomic mass is 79.9. The first-order valence-electron chi connectivity index (χ1n) is 9.57. The minimum absolute atomic E-state index is 0. The number of halogens is 1. The summed E-state index contributed by atoms with van der Waals surface area (Å²) >= 11 is 0. The predicted molar refractivity (Wildman–Crippen MR) is 117 cm³/mol. The molecule has 0 saturated carbocycles. The van der Waals surface area contributed by atoms with Crippen LogP contribution in [0.15, 0.2) is 66.7 Å². The van der Waals surface area contributed by atoms with Crippen LogP contribution in [-0.2, 0) is 11.3 Å². The second kappa shape index (κ2) is 11.0. The van der Waals surface area contributed by atoms with E-state index in [-0.39, 0.29) is 29.4 Å². The maximum Gasteiger partial charge on any atom is 0.303 e. The Hall–Kier alpha value is -2.11. The summed E-state index contributed by atoms with van der Waals surface area (Å²) in [4.78, 5) is 13.1. The zero-order valence-corrected chi connectivity index (χ0v) is 17.6. The smallest absolute Gasteiger partial charge is 0.303 e. The predicted octanol–water partition coefficient (Wildman–Crippen LogP) is 5.34. The Morgan fingerprint density at radius 1 is 1.11 bits per heavy atom. The number of benzene rings is 2. The molecule has 0 spiro atoms. The topological polar surface area (TPSA) is 60.8 Å². The molecule has 0 unspecified atom stereocenters. The first-order valence-corrected chi connectivity index (χ1v) is 9.57. The van der Waals surface area contributed by atoms with Crippen molar-refractivity contribution in [3.8, 4) is 5.75 Å². The van der Waals surface area contributed by atoms with Gasteiger partial charge in [-0.1, -0.05) is 54.6 Å². The lowest BCUT2D eigenvalue weighted by Crippen LogP contribution is -2.25. The van der Waals surface area contributed by atoms with Gasteiger partial charge in [-0.05, 0) is 55.0 Å². The number of aliphatic carboxylic acids is 1. The Balaban J connectivity index is 0.00000280. The quantitative estimate of drug-likeness (QED) is 0.537. The fourth-order valence-corrected chi connectivity index (χ4v) is 3.96. The molecule has 2 atom stereocenters. The molecule has 5 heteroatoms. The molecular weight excluding hydrogens is 418 g/mol. The van der Waals surface area contributed by atoms with Gasteiger partial charge in [0.15, 0.2) is 0 Å². The Kier molecular flexibility index (Phi) is 8.74. The number of phenols is 1. The third-order valence-corrected chi connectivity index (χ3v) is 5.20. The van der Waals surface area contributed by atoms with E-state index in [1.165, 1.54) is 5.56 Å². The monoisotopic (exact) mass is 445 g/mol. The number of nitrogens with zero attached hydrogens (tertiary/aromatic N) is 1. The number of aromatic hydroxyl groups is 1. The van der Waals surface area contributed by atoms with Crippen molar-refractivity contribution in [2.75, 3.05) is 6.54 Å². The number of carbonyl (C=O) groups is 1. The van der Waals surface area contributed by atoms with Crippen LogP contribution in [0.2, 0.25) is 0 Å². The van der Waals surface area contributed by atoms with Crippen LogP contribution in [0.1, 0.15) is 42.9 Å². The molecule has 0 amide bonds. The summed E-state index contributed by atoms with van der Waals surface area (Å²) in [6, 6.07) is 18.3. The summed E-state index contributed by atoms with van der Waals surface area (Å²) in [6.07, 6.45) is 6.87. The Labute approximate surface area is 177 Å². The van der Waals surface area contributed by atoms with Gasteiger partial charge >= 0.3 is 5.97 Å². The molecule has 3 rings (SSSR count). The van der Waals surface area contributed by atoms with Crippen molar-refractivity contribution in [2.24, 2.45) is 5.92 Å². The minimum Gasteiger partial charge on any atom is -0.508 e. The number of likely N-dealkylation sites (tertiary alicyclic amines) is 1. The molecule has 1 saturated heterocycles. The molecule has 2 N–H and O–H groups in total. The van der Waals surface area contributed by atoms with Gasteiger partial charge in [0.1, 0.15) is 5.75 Å². The van der Waals surface area contributed by atoms with Crippen LogP contribution in [0.5, 0.6) is 5.75 Å². The summed E-state index contributed by atoms with van der Waals surface area (Å²) in [5, 5.41) is 18.7. The van der Waals surface area contributed by atoms with Crippen molar-refractivity contribution in [1.82, 2.24) is 4.90 Å². The van der Waals surface area contributed by atoms with Crippen molar-refractivity contribution >= 4 is 23.0 Å². The first-order chi connectivity index (χ1) is 13.1. The van der Waals surface area contributed by atoms with Crippen LogP contribution in [0.3, 0.4) is 0 Å². The molecule has 0 radical (unpaired) electrons. The van der Waals surface area contributed by atoms with Crippen molar-refractivity contribution in [1.29, 1.82) is 0 Å². The number of allylic oxidation sites excluding steroid dienone is 2. The molecule has 150 valence electrons.